The fourth-order valence-corrected chi connectivity index (χ4v) is 4.33. The van der Waals surface area contributed by atoms with Crippen molar-refractivity contribution in [2.75, 3.05) is 14.2 Å². The van der Waals surface area contributed by atoms with Crippen molar-refractivity contribution < 1.29 is 19.1 Å². The highest BCUT2D eigenvalue weighted by atomic mass is 16.6. The molecule has 0 aliphatic heterocycles. The summed E-state index contributed by atoms with van der Waals surface area (Å²) in [6, 6.07) is 31.3. The topological polar surface area (TPSA) is 109 Å². The fourth-order valence-electron chi connectivity index (χ4n) is 4.33. The van der Waals surface area contributed by atoms with Crippen molar-refractivity contribution in [3.05, 3.63) is 129 Å². The Morgan fingerprint density at radius 1 is 0.591 bits per heavy atom. The second-order valence-electron chi connectivity index (χ2n) is 9.90. The average Bonchev–Trinajstić information content (AvgIpc) is 3.03. The Kier molecular flexibility index (Phi) is 12.5. The number of benzene rings is 4. The van der Waals surface area contributed by atoms with Crippen molar-refractivity contribution >= 4 is 11.4 Å². The lowest BCUT2D eigenvalue weighted by Crippen LogP contribution is -2.06. The molecule has 0 fully saturated rings. The molecule has 0 unspecified atom stereocenters. The summed E-state index contributed by atoms with van der Waals surface area (Å²) >= 11 is 0. The first kappa shape index (κ1) is 32.9. The van der Waals surface area contributed by atoms with Crippen LogP contribution in [0.3, 0.4) is 0 Å². The number of aryl methyl sites for hydroxylation is 4. The Morgan fingerprint density at radius 3 is 1.57 bits per heavy atom. The van der Waals surface area contributed by atoms with E-state index in [9.17, 15) is 10.5 Å². The zero-order valence-corrected chi connectivity index (χ0v) is 25.9. The van der Waals surface area contributed by atoms with Gasteiger partial charge in [-0.1, -0.05) is 88.7 Å². The smallest absolute Gasteiger partial charge is 0.187 e. The Hall–Kier alpha value is -5.60. The standard InChI is InChI=1S/2C18H18N2O2/c1-13-8-9-18(14(2)10-13)22-12-15-6-4-5-7-16(15)17(11-19)20-21-3;1-13-8-9-14(2)18(10-13)22-12-15-6-4-5-7-16(15)17(11-19)20-21-3/h2*4-10H,12H2,1-3H3. The summed E-state index contributed by atoms with van der Waals surface area (Å²) in [6.07, 6.45) is 0. The van der Waals surface area contributed by atoms with Crippen LogP contribution in [0.4, 0.5) is 0 Å². The van der Waals surface area contributed by atoms with Crippen LogP contribution in [0, 0.1) is 50.4 Å². The summed E-state index contributed by atoms with van der Waals surface area (Å²) in [5.74, 6) is 1.68. The van der Waals surface area contributed by atoms with Gasteiger partial charge in [-0.2, -0.15) is 10.5 Å². The number of hydrogen-bond acceptors (Lipinski definition) is 8. The molecule has 8 heteroatoms. The molecule has 0 bridgehead atoms. The molecule has 0 saturated carbocycles. The molecule has 0 N–H and O–H groups in total. The SMILES string of the molecule is CON=C(C#N)c1ccccc1COc1cc(C)ccc1C.CON=C(C#N)c1ccccc1COc1ccc(C)cc1C. The second kappa shape index (κ2) is 16.7. The molecule has 224 valence electrons. The first-order valence-corrected chi connectivity index (χ1v) is 13.9. The Labute approximate surface area is 259 Å². The molecule has 0 radical (unpaired) electrons. The minimum Gasteiger partial charge on any atom is -0.489 e. The van der Waals surface area contributed by atoms with Gasteiger partial charge in [0, 0.05) is 11.1 Å². The van der Waals surface area contributed by atoms with E-state index in [-0.39, 0.29) is 11.4 Å². The van der Waals surface area contributed by atoms with Crippen molar-refractivity contribution in [1.29, 1.82) is 10.5 Å². The van der Waals surface area contributed by atoms with Crippen molar-refractivity contribution in [1.82, 2.24) is 0 Å². The van der Waals surface area contributed by atoms with Crippen molar-refractivity contribution in [3.8, 4) is 23.6 Å². The molecule has 4 aromatic carbocycles. The van der Waals surface area contributed by atoms with Gasteiger partial charge in [0.15, 0.2) is 11.4 Å². The molecule has 0 spiro atoms. The summed E-state index contributed by atoms with van der Waals surface area (Å²) < 4.78 is 11.8. The van der Waals surface area contributed by atoms with Crippen LogP contribution in [0.1, 0.15) is 44.5 Å². The van der Waals surface area contributed by atoms with Crippen LogP contribution >= 0.6 is 0 Å². The van der Waals surface area contributed by atoms with E-state index in [0.29, 0.717) is 13.2 Å². The number of nitrogens with zero attached hydrogens (tertiary/aromatic N) is 4. The van der Waals surface area contributed by atoms with Crippen molar-refractivity contribution in [2.24, 2.45) is 10.3 Å². The Bertz CT molecular complexity index is 1710. The quantitative estimate of drug-likeness (QED) is 0.140. The monoisotopic (exact) mass is 588 g/mol. The molecule has 4 aromatic rings. The number of ether oxygens (including phenoxy) is 2. The van der Waals surface area contributed by atoms with Gasteiger partial charge in [-0.15, -0.1) is 0 Å². The van der Waals surface area contributed by atoms with Crippen LogP contribution in [0.5, 0.6) is 11.5 Å². The van der Waals surface area contributed by atoms with E-state index in [2.05, 4.69) is 22.4 Å². The van der Waals surface area contributed by atoms with Gasteiger partial charge in [0.1, 0.15) is 51.1 Å². The molecule has 0 amide bonds. The summed E-state index contributed by atoms with van der Waals surface area (Å²) in [5.41, 5.74) is 8.20. The van der Waals surface area contributed by atoms with E-state index in [0.717, 1.165) is 50.4 Å². The molecule has 0 aliphatic rings. The van der Waals surface area contributed by atoms with E-state index in [1.807, 2.05) is 113 Å². The third-order valence-corrected chi connectivity index (χ3v) is 6.56. The zero-order valence-electron chi connectivity index (χ0n) is 25.9. The summed E-state index contributed by atoms with van der Waals surface area (Å²) in [7, 11) is 2.85. The number of rotatable bonds is 10. The number of hydrogen-bond donors (Lipinski definition) is 0. The molecule has 0 atom stereocenters. The lowest BCUT2D eigenvalue weighted by atomic mass is 10.0. The van der Waals surface area contributed by atoms with Gasteiger partial charge in [-0.05, 0) is 67.6 Å². The van der Waals surface area contributed by atoms with Crippen molar-refractivity contribution in [2.45, 2.75) is 40.9 Å². The number of nitriles is 2. The first-order chi connectivity index (χ1) is 21.3. The second-order valence-corrected chi connectivity index (χ2v) is 9.90. The maximum absolute atomic E-state index is 9.20. The Morgan fingerprint density at radius 2 is 1.07 bits per heavy atom. The van der Waals surface area contributed by atoms with Crippen LogP contribution < -0.4 is 9.47 Å². The average molecular weight is 589 g/mol. The van der Waals surface area contributed by atoms with Crippen LogP contribution in [0.15, 0.2) is 95.2 Å². The molecule has 0 aliphatic carbocycles. The van der Waals surface area contributed by atoms with Crippen LogP contribution in [0.2, 0.25) is 0 Å². The minimum atomic E-state index is 0.238. The molecule has 0 saturated heterocycles. The van der Waals surface area contributed by atoms with E-state index in [1.54, 1.807) is 0 Å². The predicted molar refractivity (Wildman–Crippen MR) is 172 cm³/mol. The molecule has 4 rings (SSSR count). The molecular weight excluding hydrogens is 552 g/mol. The van der Waals surface area contributed by atoms with Gasteiger partial charge in [-0.3, -0.25) is 0 Å². The van der Waals surface area contributed by atoms with E-state index in [4.69, 9.17) is 19.1 Å². The summed E-state index contributed by atoms with van der Waals surface area (Å²) in [5, 5.41) is 25.9. The van der Waals surface area contributed by atoms with Crippen LogP contribution in [-0.4, -0.2) is 25.6 Å². The predicted octanol–water partition coefficient (Wildman–Crippen LogP) is 7.51. The minimum absolute atomic E-state index is 0.238. The number of oxime groups is 2. The maximum Gasteiger partial charge on any atom is 0.187 e. The van der Waals surface area contributed by atoms with Gasteiger partial charge in [0.25, 0.3) is 0 Å². The largest absolute Gasteiger partial charge is 0.489 e. The molecule has 44 heavy (non-hydrogen) atoms. The highest BCUT2D eigenvalue weighted by Gasteiger charge is 2.12. The maximum atomic E-state index is 9.20. The Balaban J connectivity index is 0.000000240. The normalized spacial score (nSPS) is 10.9. The van der Waals surface area contributed by atoms with Crippen LogP contribution in [-0.2, 0) is 22.9 Å². The van der Waals surface area contributed by atoms with Gasteiger partial charge in [0.2, 0.25) is 0 Å². The third kappa shape index (κ3) is 9.20. The lowest BCUT2D eigenvalue weighted by Gasteiger charge is -2.12. The first-order valence-electron chi connectivity index (χ1n) is 13.9. The highest BCUT2D eigenvalue weighted by Crippen LogP contribution is 2.23. The molecule has 0 aromatic heterocycles. The lowest BCUT2D eigenvalue weighted by molar-refractivity contribution is 0.214. The zero-order chi connectivity index (χ0) is 31.9. The van der Waals surface area contributed by atoms with Crippen LogP contribution in [0.25, 0.3) is 0 Å². The van der Waals surface area contributed by atoms with Gasteiger partial charge in [0.05, 0.1) is 0 Å². The van der Waals surface area contributed by atoms with Crippen molar-refractivity contribution in [3.63, 3.8) is 0 Å². The van der Waals surface area contributed by atoms with E-state index < -0.39 is 0 Å². The molecule has 0 heterocycles. The summed E-state index contributed by atoms with van der Waals surface area (Å²) in [6.45, 7) is 8.83. The van der Waals surface area contributed by atoms with Gasteiger partial charge < -0.3 is 19.1 Å². The molecular formula is C36H36N4O4. The van der Waals surface area contributed by atoms with Gasteiger partial charge in [-0.25, -0.2) is 0 Å². The molecule has 8 nitrogen and oxygen atoms in total. The third-order valence-electron chi connectivity index (χ3n) is 6.56. The fraction of sp³-hybridized carbons (Fsp3) is 0.222. The van der Waals surface area contributed by atoms with E-state index >= 15 is 0 Å². The highest BCUT2D eigenvalue weighted by molar-refractivity contribution is 6.12. The summed E-state index contributed by atoms with van der Waals surface area (Å²) in [4.78, 5) is 9.45. The van der Waals surface area contributed by atoms with E-state index in [1.165, 1.54) is 19.8 Å². The van der Waals surface area contributed by atoms with Gasteiger partial charge >= 0.3 is 0 Å².